The molecule has 0 aliphatic heterocycles. The van der Waals surface area contributed by atoms with Crippen LogP contribution in [0.15, 0.2) is 36.4 Å². The molecular weight excluding hydrogens is 403 g/mol. The van der Waals surface area contributed by atoms with Gasteiger partial charge in [-0.15, -0.1) is 13.2 Å². The highest BCUT2D eigenvalue weighted by Crippen LogP contribution is 2.30. The Morgan fingerprint density at radius 1 is 1.11 bits per heavy atom. The maximum absolute atomic E-state index is 12.5. The van der Waals surface area contributed by atoms with Crippen LogP contribution in [-0.2, 0) is 6.61 Å². The lowest BCUT2D eigenvalue weighted by Crippen LogP contribution is -2.21. The number of anilines is 3. The Hall–Kier alpha value is -2.69. The van der Waals surface area contributed by atoms with Crippen LogP contribution in [0.1, 0.15) is 5.56 Å². The van der Waals surface area contributed by atoms with Crippen molar-refractivity contribution in [3.8, 4) is 5.75 Å². The first-order valence-corrected chi connectivity index (χ1v) is 8.31. The molecule has 11 heteroatoms. The molecule has 0 saturated heterocycles. The molecule has 0 aliphatic rings. The summed E-state index contributed by atoms with van der Waals surface area (Å²) in [5, 5.41) is 26.0. The minimum atomic E-state index is -4.91. The Morgan fingerprint density at radius 3 is 2.46 bits per heavy atom. The molecule has 28 heavy (non-hydrogen) atoms. The predicted molar refractivity (Wildman–Crippen MR) is 98.7 cm³/mol. The Balaban J connectivity index is 2.20. The number of amides is 2. The van der Waals surface area contributed by atoms with E-state index in [1.807, 2.05) is 0 Å². The van der Waals surface area contributed by atoms with E-state index < -0.39 is 24.7 Å². The van der Waals surface area contributed by atoms with E-state index in [1.54, 1.807) is 6.07 Å². The molecule has 152 valence electrons. The molecular formula is C17H17ClF3N3O4. The van der Waals surface area contributed by atoms with Crippen LogP contribution in [0.3, 0.4) is 0 Å². The number of aliphatic hydroxyl groups excluding tert-OH is 2. The minimum absolute atomic E-state index is 0.00673. The van der Waals surface area contributed by atoms with E-state index in [2.05, 4.69) is 20.7 Å². The number of carbonyl (C=O) groups is 1. The van der Waals surface area contributed by atoms with Crippen LogP contribution in [0, 0.1) is 0 Å². The molecule has 0 saturated carbocycles. The number of hydrogen-bond donors (Lipinski definition) is 5. The highest BCUT2D eigenvalue weighted by Gasteiger charge is 2.31. The van der Waals surface area contributed by atoms with Crippen molar-refractivity contribution in [2.75, 3.05) is 29.1 Å². The Morgan fingerprint density at radius 2 is 1.82 bits per heavy atom. The van der Waals surface area contributed by atoms with Gasteiger partial charge in [0.25, 0.3) is 0 Å². The van der Waals surface area contributed by atoms with Crippen molar-refractivity contribution in [3.63, 3.8) is 0 Å². The Bertz CT molecular complexity index is 834. The molecule has 2 aromatic carbocycles. The third-order valence-electron chi connectivity index (χ3n) is 3.36. The molecule has 7 nitrogen and oxygen atoms in total. The van der Waals surface area contributed by atoms with E-state index in [9.17, 15) is 23.1 Å². The van der Waals surface area contributed by atoms with Crippen molar-refractivity contribution in [2.24, 2.45) is 0 Å². The summed E-state index contributed by atoms with van der Waals surface area (Å²) in [6.45, 7) is -0.574. The van der Waals surface area contributed by atoms with Gasteiger partial charge in [-0.25, -0.2) is 4.79 Å². The standard InChI is InChI=1S/C17H17ClF3N3O4/c18-14-2-1-3-15(13(14)9-26)24-16(27)23-11-6-10(22-4-5-25)7-12(8-11)28-17(19,20)21/h1-3,6-8,22,25-26H,4-5,9H2,(H2,23,24,27). The molecule has 2 aromatic rings. The number of halogens is 4. The van der Waals surface area contributed by atoms with Gasteiger partial charge >= 0.3 is 12.4 Å². The second-order valence-electron chi connectivity index (χ2n) is 5.45. The van der Waals surface area contributed by atoms with E-state index in [0.29, 0.717) is 5.56 Å². The van der Waals surface area contributed by atoms with Crippen molar-refractivity contribution in [1.82, 2.24) is 0 Å². The first kappa shape index (κ1) is 21.6. The van der Waals surface area contributed by atoms with Crippen LogP contribution < -0.4 is 20.7 Å². The van der Waals surface area contributed by atoms with Gasteiger partial charge in [0, 0.05) is 46.3 Å². The lowest BCUT2D eigenvalue weighted by atomic mass is 10.2. The smallest absolute Gasteiger partial charge is 0.406 e. The number of alkyl halides is 3. The molecule has 0 unspecified atom stereocenters. The normalized spacial score (nSPS) is 11.1. The summed E-state index contributed by atoms with van der Waals surface area (Å²) in [7, 11) is 0. The first-order valence-electron chi connectivity index (χ1n) is 7.93. The van der Waals surface area contributed by atoms with Gasteiger partial charge in [0.15, 0.2) is 0 Å². The van der Waals surface area contributed by atoms with Gasteiger partial charge in [-0.1, -0.05) is 17.7 Å². The van der Waals surface area contributed by atoms with Crippen molar-refractivity contribution in [1.29, 1.82) is 0 Å². The van der Waals surface area contributed by atoms with Crippen LogP contribution in [0.25, 0.3) is 0 Å². The summed E-state index contributed by atoms with van der Waals surface area (Å²) in [6.07, 6.45) is -4.91. The summed E-state index contributed by atoms with van der Waals surface area (Å²) in [5.74, 6) is -0.551. The van der Waals surface area contributed by atoms with Gasteiger partial charge < -0.3 is 30.9 Å². The van der Waals surface area contributed by atoms with Gasteiger partial charge in [0.2, 0.25) is 0 Å². The van der Waals surface area contributed by atoms with Crippen molar-refractivity contribution >= 4 is 34.7 Å². The zero-order chi connectivity index (χ0) is 20.7. The van der Waals surface area contributed by atoms with E-state index >= 15 is 0 Å². The van der Waals surface area contributed by atoms with Gasteiger partial charge in [-0.05, 0) is 18.2 Å². The first-order chi connectivity index (χ1) is 13.2. The maximum Gasteiger partial charge on any atom is 0.573 e. The van der Waals surface area contributed by atoms with Crippen LogP contribution in [0.4, 0.5) is 35.0 Å². The number of rotatable bonds is 7. The maximum atomic E-state index is 12.5. The molecule has 0 fully saturated rings. The molecule has 0 aliphatic carbocycles. The topological polar surface area (TPSA) is 103 Å². The zero-order valence-corrected chi connectivity index (χ0v) is 15.1. The number of carbonyl (C=O) groups excluding carboxylic acids is 1. The molecule has 0 spiro atoms. The molecule has 0 atom stereocenters. The number of aliphatic hydroxyl groups is 2. The van der Waals surface area contributed by atoms with E-state index in [1.165, 1.54) is 18.2 Å². The average Bonchev–Trinajstić information content (AvgIpc) is 2.58. The number of urea groups is 1. The highest BCUT2D eigenvalue weighted by molar-refractivity contribution is 6.31. The zero-order valence-electron chi connectivity index (χ0n) is 14.3. The molecule has 0 bridgehead atoms. The van der Waals surface area contributed by atoms with E-state index in [-0.39, 0.29) is 35.2 Å². The van der Waals surface area contributed by atoms with Gasteiger partial charge in [-0.3, -0.25) is 0 Å². The second-order valence-corrected chi connectivity index (χ2v) is 5.85. The summed E-state index contributed by atoms with van der Waals surface area (Å²) >= 11 is 5.94. The summed E-state index contributed by atoms with van der Waals surface area (Å²) in [5.41, 5.74) is 0.741. The van der Waals surface area contributed by atoms with E-state index in [4.69, 9.17) is 16.7 Å². The van der Waals surface area contributed by atoms with Crippen molar-refractivity contribution in [3.05, 3.63) is 47.0 Å². The quantitative estimate of drug-likeness (QED) is 0.470. The molecule has 2 rings (SSSR count). The van der Waals surface area contributed by atoms with Gasteiger partial charge in [0.1, 0.15) is 5.75 Å². The van der Waals surface area contributed by atoms with Gasteiger partial charge in [-0.2, -0.15) is 0 Å². The summed E-state index contributed by atoms with van der Waals surface area (Å²) in [4.78, 5) is 12.2. The fraction of sp³-hybridized carbons (Fsp3) is 0.235. The summed E-state index contributed by atoms with van der Waals surface area (Å²) in [6, 6.07) is 7.26. The number of nitrogens with one attached hydrogen (secondary N) is 3. The predicted octanol–water partition coefficient (Wildman–Crippen LogP) is 3.78. The summed E-state index contributed by atoms with van der Waals surface area (Å²) < 4.78 is 41.4. The molecule has 0 heterocycles. The molecule has 2 amide bonds. The number of hydrogen-bond acceptors (Lipinski definition) is 5. The van der Waals surface area contributed by atoms with Crippen LogP contribution >= 0.6 is 11.6 Å². The fourth-order valence-electron chi connectivity index (χ4n) is 2.29. The van der Waals surface area contributed by atoms with Crippen LogP contribution in [0.2, 0.25) is 5.02 Å². The second kappa shape index (κ2) is 9.49. The highest BCUT2D eigenvalue weighted by atomic mass is 35.5. The number of benzene rings is 2. The monoisotopic (exact) mass is 419 g/mol. The van der Waals surface area contributed by atoms with Crippen molar-refractivity contribution < 1.29 is 32.9 Å². The molecule has 0 radical (unpaired) electrons. The third-order valence-corrected chi connectivity index (χ3v) is 3.72. The van der Waals surface area contributed by atoms with E-state index in [0.717, 1.165) is 12.1 Å². The van der Waals surface area contributed by atoms with Gasteiger partial charge in [0.05, 0.1) is 13.2 Å². The average molecular weight is 420 g/mol. The third kappa shape index (κ3) is 6.48. The minimum Gasteiger partial charge on any atom is -0.406 e. The molecule has 5 N–H and O–H groups in total. The Kier molecular flexibility index (Phi) is 7.32. The largest absolute Gasteiger partial charge is 0.573 e. The van der Waals surface area contributed by atoms with Crippen LogP contribution in [0.5, 0.6) is 5.75 Å². The van der Waals surface area contributed by atoms with Crippen molar-refractivity contribution in [2.45, 2.75) is 13.0 Å². The fourth-order valence-corrected chi connectivity index (χ4v) is 2.52. The molecule has 0 aromatic heterocycles. The lowest BCUT2D eigenvalue weighted by molar-refractivity contribution is -0.274. The SMILES string of the molecule is O=C(Nc1cc(NCCO)cc(OC(F)(F)F)c1)Nc1cccc(Cl)c1CO. The number of ether oxygens (including phenoxy) is 1. The lowest BCUT2D eigenvalue weighted by Gasteiger charge is -2.15. The Labute approximate surface area is 163 Å². The van der Waals surface area contributed by atoms with Crippen LogP contribution in [-0.4, -0.2) is 35.8 Å².